The average molecular weight is 325 g/mol. The van der Waals surface area contributed by atoms with Crippen LogP contribution in [0.5, 0.6) is 0 Å². The second kappa shape index (κ2) is 6.14. The van der Waals surface area contributed by atoms with Crippen LogP contribution in [0, 0.1) is 12.7 Å². The molecule has 0 aliphatic carbocycles. The molecule has 1 N–H and O–H groups in total. The number of hydrogen-bond acceptors (Lipinski definition) is 2. The maximum atomic E-state index is 13.5. The van der Waals surface area contributed by atoms with E-state index in [9.17, 15) is 22.1 Å². The number of alkyl halides is 3. The van der Waals surface area contributed by atoms with Crippen LogP contribution in [0.3, 0.4) is 0 Å². The van der Waals surface area contributed by atoms with E-state index in [1.807, 2.05) is 0 Å². The van der Waals surface area contributed by atoms with Crippen LogP contribution in [0.4, 0.5) is 17.6 Å². The van der Waals surface area contributed by atoms with Crippen molar-refractivity contribution in [3.8, 4) is 0 Å². The molecule has 0 radical (unpaired) electrons. The van der Waals surface area contributed by atoms with Crippen molar-refractivity contribution in [3.05, 3.63) is 34.6 Å². The minimum Gasteiger partial charge on any atom is -0.598 e. The minimum absolute atomic E-state index is 0.0604. The SMILES string of the molecule is Cc1c([C@@H](C)N[S@+]([O-])C(C)(C)C)cc(F)cc1C(F)(F)F. The van der Waals surface area contributed by atoms with E-state index in [0.29, 0.717) is 6.07 Å². The van der Waals surface area contributed by atoms with E-state index < -0.39 is 39.7 Å². The van der Waals surface area contributed by atoms with Gasteiger partial charge in [0.2, 0.25) is 0 Å². The lowest BCUT2D eigenvalue weighted by molar-refractivity contribution is -0.138. The van der Waals surface area contributed by atoms with Crippen LogP contribution in [0.2, 0.25) is 0 Å². The molecule has 0 aromatic heterocycles. The highest BCUT2D eigenvalue weighted by molar-refractivity contribution is 7.90. The Morgan fingerprint density at radius 1 is 1.19 bits per heavy atom. The number of rotatable bonds is 3. The number of hydrogen-bond donors (Lipinski definition) is 1. The first-order chi connectivity index (χ1) is 9.34. The Labute approximate surface area is 125 Å². The van der Waals surface area contributed by atoms with Gasteiger partial charge in [-0.05, 0) is 57.9 Å². The van der Waals surface area contributed by atoms with Gasteiger partial charge in [0.25, 0.3) is 0 Å². The highest BCUT2D eigenvalue weighted by Crippen LogP contribution is 2.35. The predicted octanol–water partition coefficient (Wildman–Crippen LogP) is 4.27. The van der Waals surface area contributed by atoms with Crippen LogP contribution in [0.1, 0.15) is 50.4 Å². The summed E-state index contributed by atoms with van der Waals surface area (Å²) < 4.78 is 66.3. The molecule has 2 atom stereocenters. The maximum Gasteiger partial charge on any atom is 0.416 e. The van der Waals surface area contributed by atoms with Crippen molar-refractivity contribution in [3.63, 3.8) is 0 Å². The molecule has 0 saturated heterocycles. The van der Waals surface area contributed by atoms with Crippen molar-refractivity contribution in [2.24, 2.45) is 0 Å². The van der Waals surface area contributed by atoms with Crippen LogP contribution in [-0.4, -0.2) is 9.30 Å². The van der Waals surface area contributed by atoms with Gasteiger partial charge >= 0.3 is 6.18 Å². The third-order valence-electron chi connectivity index (χ3n) is 3.02. The molecule has 1 rings (SSSR count). The summed E-state index contributed by atoms with van der Waals surface area (Å²) in [6.45, 7) is 8.06. The molecule has 0 bridgehead atoms. The maximum absolute atomic E-state index is 13.5. The van der Waals surface area contributed by atoms with E-state index in [0.717, 1.165) is 6.07 Å². The third kappa shape index (κ3) is 4.59. The van der Waals surface area contributed by atoms with Gasteiger partial charge in [-0.3, -0.25) is 0 Å². The van der Waals surface area contributed by atoms with E-state index >= 15 is 0 Å². The molecule has 1 aromatic rings. The van der Waals surface area contributed by atoms with E-state index in [1.165, 1.54) is 6.92 Å². The largest absolute Gasteiger partial charge is 0.598 e. The highest BCUT2D eigenvalue weighted by Gasteiger charge is 2.35. The van der Waals surface area contributed by atoms with E-state index in [1.54, 1.807) is 27.7 Å². The molecule has 0 aliphatic heterocycles. The zero-order valence-corrected chi connectivity index (χ0v) is 13.4. The van der Waals surface area contributed by atoms with E-state index in [4.69, 9.17) is 0 Å². The minimum atomic E-state index is -4.62. The molecular weight excluding hydrogens is 306 g/mol. The Morgan fingerprint density at radius 2 is 1.71 bits per heavy atom. The van der Waals surface area contributed by atoms with Crippen molar-refractivity contribution >= 4 is 11.4 Å². The first kappa shape index (κ1) is 18.3. The third-order valence-corrected chi connectivity index (χ3v) is 4.70. The van der Waals surface area contributed by atoms with Crippen molar-refractivity contribution < 1.29 is 22.1 Å². The molecule has 0 aliphatic rings. The topological polar surface area (TPSA) is 35.1 Å². The van der Waals surface area contributed by atoms with Crippen LogP contribution in [-0.2, 0) is 17.5 Å². The number of benzene rings is 1. The fourth-order valence-electron chi connectivity index (χ4n) is 1.85. The fraction of sp³-hybridized carbons (Fsp3) is 0.571. The van der Waals surface area contributed by atoms with Gasteiger partial charge in [0.1, 0.15) is 10.6 Å². The molecule has 7 heteroatoms. The first-order valence-corrected chi connectivity index (χ1v) is 7.54. The lowest BCUT2D eigenvalue weighted by atomic mass is 9.97. The smallest absolute Gasteiger partial charge is 0.416 e. The molecular formula is C14H19F4NOS. The summed E-state index contributed by atoms with van der Waals surface area (Å²) in [5, 5.41) is 0. The molecule has 0 fully saturated rings. The monoisotopic (exact) mass is 325 g/mol. The lowest BCUT2D eigenvalue weighted by Gasteiger charge is -2.27. The molecule has 120 valence electrons. The Morgan fingerprint density at radius 3 is 2.14 bits per heavy atom. The fourth-order valence-corrected chi connectivity index (χ4v) is 2.65. The predicted molar refractivity (Wildman–Crippen MR) is 75.6 cm³/mol. The van der Waals surface area contributed by atoms with Gasteiger partial charge in [0, 0.05) is 11.4 Å². The Kier molecular flexibility index (Phi) is 5.34. The second-order valence-corrected chi connectivity index (χ2v) is 7.88. The summed E-state index contributed by atoms with van der Waals surface area (Å²) in [5.74, 6) is -0.960. The normalized spacial score (nSPS) is 15.9. The molecule has 21 heavy (non-hydrogen) atoms. The quantitative estimate of drug-likeness (QED) is 0.665. The Bertz CT molecular complexity index is 511. The summed E-state index contributed by atoms with van der Waals surface area (Å²) >= 11 is -1.46. The summed E-state index contributed by atoms with van der Waals surface area (Å²) in [7, 11) is 0. The summed E-state index contributed by atoms with van der Waals surface area (Å²) in [6, 6.07) is 0.857. The van der Waals surface area contributed by atoms with Crippen LogP contribution >= 0.6 is 0 Å². The molecule has 0 amide bonds. The van der Waals surface area contributed by atoms with E-state index in [-0.39, 0.29) is 11.1 Å². The average Bonchev–Trinajstić information content (AvgIpc) is 2.28. The number of nitrogens with one attached hydrogen (secondary N) is 1. The van der Waals surface area contributed by atoms with Gasteiger partial charge < -0.3 is 4.55 Å². The second-order valence-electron chi connectivity index (χ2n) is 5.89. The Balaban J connectivity index is 3.16. The van der Waals surface area contributed by atoms with Crippen LogP contribution < -0.4 is 4.72 Å². The molecule has 0 heterocycles. The van der Waals surface area contributed by atoms with E-state index in [2.05, 4.69) is 4.72 Å². The summed E-state index contributed by atoms with van der Waals surface area (Å²) in [5.41, 5.74) is -0.914. The zero-order valence-electron chi connectivity index (χ0n) is 12.6. The molecule has 0 saturated carbocycles. The van der Waals surface area contributed by atoms with Crippen LogP contribution in [0.25, 0.3) is 0 Å². The first-order valence-electron chi connectivity index (χ1n) is 6.39. The standard InChI is InChI=1S/C14H19F4NOS/c1-8-11(9(2)19-21(20)13(3,4)5)6-10(15)7-12(8)14(16,17)18/h6-7,9,19H,1-5H3/t9-,21-/m1/s1. The van der Waals surface area contributed by atoms with Gasteiger partial charge in [-0.15, -0.1) is 4.72 Å². The molecule has 0 unspecified atom stereocenters. The Hall–Kier alpha value is -0.790. The number of halogens is 4. The highest BCUT2D eigenvalue weighted by atomic mass is 32.2. The van der Waals surface area contributed by atoms with Crippen LogP contribution in [0.15, 0.2) is 12.1 Å². The van der Waals surface area contributed by atoms with Gasteiger partial charge in [-0.1, -0.05) is 0 Å². The van der Waals surface area contributed by atoms with Gasteiger partial charge in [0.15, 0.2) is 0 Å². The summed E-state index contributed by atoms with van der Waals surface area (Å²) in [6.07, 6.45) is -4.62. The van der Waals surface area contributed by atoms with Gasteiger partial charge in [-0.2, -0.15) is 13.2 Å². The van der Waals surface area contributed by atoms with Crippen molar-refractivity contribution in [1.29, 1.82) is 0 Å². The zero-order chi connectivity index (χ0) is 16.6. The van der Waals surface area contributed by atoms with Gasteiger partial charge in [0.05, 0.1) is 11.6 Å². The molecule has 0 spiro atoms. The summed E-state index contributed by atoms with van der Waals surface area (Å²) in [4.78, 5) is 0. The van der Waals surface area contributed by atoms with Crippen molar-refractivity contribution in [1.82, 2.24) is 4.72 Å². The van der Waals surface area contributed by atoms with Crippen molar-refractivity contribution in [2.75, 3.05) is 0 Å². The molecule has 2 nitrogen and oxygen atoms in total. The van der Waals surface area contributed by atoms with Crippen molar-refractivity contribution in [2.45, 2.75) is 51.6 Å². The molecule has 1 aromatic carbocycles. The van der Waals surface area contributed by atoms with Gasteiger partial charge in [-0.25, -0.2) is 4.39 Å². The lowest BCUT2D eigenvalue weighted by Crippen LogP contribution is -2.40.